The molecule has 1 aromatic heterocycles. The van der Waals surface area contributed by atoms with Crippen molar-refractivity contribution in [1.82, 2.24) is 19.7 Å². The maximum absolute atomic E-state index is 12.6. The summed E-state index contributed by atoms with van der Waals surface area (Å²) in [5.74, 6) is -1.08. The van der Waals surface area contributed by atoms with E-state index in [1.54, 1.807) is 34.1 Å². The smallest absolute Gasteiger partial charge is 0.306 e. The van der Waals surface area contributed by atoms with Crippen molar-refractivity contribution in [1.29, 1.82) is 0 Å². The number of nitrogens with zero attached hydrogens (tertiary/aromatic N) is 4. The van der Waals surface area contributed by atoms with Crippen LogP contribution in [0, 0.1) is 0 Å². The van der Waals surface area contributed by atoms with E-state index in [0.29, 0.717) is 18.7 Å². The molecule has 1 unspecified atom stereocenters. The third kappa shape index (κ3) is 3.54. The number of carbonyl (C=O) groups excluding carboxylic acids is 1. The molecule has 1 aromatic carbocycles. The molecule has 8 heteroatoms. The highest BCUT2D eigenvalue weighted by Crippen LogP contribution is 2.15. The third-order valence-corrected chi connectivity index (χ3v) is 3.60. The molecule has 8 nitrogen and oxygen atoms in total. The number of carbonyl (C=O) groups is 2. The van der Waals surface area contributed by atoms with Gasteiger partial charge in [0.15, 0.2) is 0 Å². The Morgan fingerprint density at radius 2 is 2.26 bits per heavy atom. The fraction of sp³-hybridized carbons (Fsp3) is 0.333. The summed E-state index contributed by atoms with van der Waals surface area (Å²) in [4.78, 5) is 28.9. The Kier molecular flexibility index (Phi) is 4.33. The van der Waals surface area contributed by atoms with Crippen molar-refractivity contribution in [3.05, 3.63) is 42.5 Å². The first-order valence-electron chi connectivity index (χ1n) is 7.21. The Bertz CT molecular complexity index is 701. The van der Waals surface area contributed by atoms with Gasteiger partial charge in [0.25, 0.3) is 5.91 Å². The van der Waals surface area contributed by atoms with Gasteiger partial charge >= 0.3 is 5.97 Å². The van der Waals surface area contributed by atoms with Gasteiger partial charge in [0, 0.05) is 18.7 Å². The zero-order chi connectivity index (χ0) is 16.2. The van der Waals surface area contributed by atoms with Gasteiger partial charge in [-0.15, -0.1) is 0 Å². The number of aromatic nitrogens is 3. The van der Waals surface area contributed by atoms with Crippen LogP contribution in [0.1, 0.15) is 16.8 Å². The second kappa shape index (κ2) is 6.57. The van der Waals surface area contributed by atoms with E-state index in [4.69, 9.17) is 9.84 Å². The number of amides is 1. The number of carboxylic acid groups (broad SMARTS) is 1. The molecule has 2 heterocycles. The molecular weight excluding hydrogens is 300 g/mol. The maximum Gasteiger partial charge on any atom is 0.306 e. The number of benzene rings is 1. The number of carboxylic acids is 1. The Labute approximate surface area is 132 Å². The van der Waals surface area contributed by atoms with E-state index in [2.05, 4.69) is 10.1 Å². The molecule has 1 saturated heterocycles. The van der Waals surface area contributed by atoms with Gasteiger partial charge in [0.2, 0.25) is 0 Å². The molecule has 1 amide bonds. The average Bonchev–Trinajstić information content (AvgIpc) is 3.08. The van der Waals surface area contributed by atoms with Gasteiger partial charge in [-0.2, -0.15) is 5.10 Å². The predicted octanol–water partition coefficient (Wildman–Crippen LogP) is 0.583. The lowest BCUT2D eigenvalue weighted by Gasteiger charge is -2.32. The summed E-state index contributed by atoms with van der Waals surface area (Å²) >= 11 is 0. The molecule has 1 aliphatic rings. The van der Waals surface area contributed by atoms with E-state index >= 15 is 0 Å². The normalized spacial score (nSPS) is 17.9. The molecule has 2 aromatic rings. The Morgan fingerprint density at radius 1 is 1.39 bits per heavy atom. The lowest BCUT2D eigenvalue weighted by Crippen LogP contribution is -2.46. The monoisotopic (exact) mass is 316 g/mol. The molecule has 0 spiro atoms. The van der Waals surface area contributed by atoms with E-state index in [0.717, 1.165) is 5.69 Å². The molecule has 0 bridgehead atoms. The van der Waals surface area contributed by atoms with Crippen LogP contribution in [0.15, 0.2) is 36.9 Å². The van der Waals surface area contributed by atoms with Crippen LogP contribution in [-0.2, 0) is 9.53 Å². The van der Waals surface area contributed by atoms with Crippen LogP contribution < -0.4 is 0 Å². The lowest BCUT2D eigenvalue weighted by molar-refractivity contribution is -0.141. The lowest BCUT2D eigenvalue weighted by atomic mass is 10.1. The van der Waals surface area contributed by atoms with E-state index < -0.39 is 12.1 Å². The zero-order valence-corrected chi connectivity index (χ0v) is 12.3. The quantitative estimate of drug-likeness (QED) is 0.886. The SMILES string of the molecule is O=C(O)CC1CN(C(=O)c2cccc(-n3cncn3)c2)CCO1. The van der Waals surface area contributed by atoms with Crippen molar-refractivity contribution < 1.29 is 19.4 Å². The number of hydrogen-bond donors (Lipinski definition) is 1. The largest absolute Gasteiger partial charge is 0.481 e. The van der Waals surface area contributed by atoms with Gasteiger partial charge in [-0.3, -0.25) is 9.59 Å². The minimum atomic E-state index is -0.933. The van der Waals surface area contributed by atoms with Gasteiger partial charge in [-0.05, 0) is 18.2 Å². The van der Waals surface area contributed by atoms with Gasteiger partial charge in [-0.25, -0.2) is 9.67 Å². The van der Waals surface area contributed by atoms with Crippen molar-refractivity contribution in [2.45, 2.75) is 12.5 Å². The van der Waals surface area contributed by atoms with E-state index in [1.807, 2.05) is 6.07 Å². The summed E-state index contributed by atoms with van der Waals surface area (Å²) in [6.45, 7) is 1.06. The van der Waals surface area contributed by atoms with E-state index in [1.165, 1.54) is 6.33 Å². The third-order valence-electron chi connectivity index (χ3n) is 3.60. The van der Waals surface area contributed by atoms with Crippen molar-refractivity contribution >= 4 is 11.9 Å². The van der Waals surface area contributed by atoms with Crippen LogP contribution in [0.3, 0.4) is 0 Å². The topological polar surface area (TPSA) is 97.6 Å². The highest BCUT2D eigenvalue weighted by atomic mass is 16.5. The number of ether oxygens (including phenoxy) is 1. The molecule has 1 atom stereocenters. The molecule has 0 aliphatic carbocycles. The van der Waals surface area contributed by atoms with Gasteiger partial charge in [0.05, 0.1) is 24.8 Å². The number of rotatable bonds is 4. The minimum absolute atomic E-state index is 0.108. The van der Waals surface area contributed by atoms with Crippen LogP contribution in [0.25, 0.3) is 5.69 Å². The van der Waals surface area contributed by atoms with E-state index in [-0.39, 0.29) is 18.9 Å². The number of morpholine rings is 1. The molecule has 0 radical (unpaired) electrons. The summed E-state index contributed by atoms with van der Waals surface area (Å²) in [7, 11) is 0. The number of aliphatic carboxylic acids is 1. The summed E-state index contributed by atoms with van der Waals surface area (Å²) < 4.78 is 6.96. The van der Waals surface area contributed by atoms with Crippen molar-refractivity contribution in [2.24, 2.45) is 0 Å². The van der Waals surface area contributed by atoms with Crippen molar-refractivity contribution in [2.75, 3.05) is 19.7 Å². The molecule has 1 aliphatic heterocycles. The first-order chi connectivity index (χ1) is 11.1. The van der Waals surface area contributed by atoms with Gasteiger partial charge < -0.3 is 14.7 Å². The molecule has 120 valence electrons. The average molecular weight is 316 g/mol. The van der Waals surface area contributed by atoms with Crippen LogP contribution >= 0.6 is 0 Å². The second-order valence-electron chi connectivity index (χ2n) is 5.23. The van der Waals surface area contributed by atoms with Crippen LogP contribution in [0.4, 0.5) is 0 Å². The van der Waals surface area contributed by atoms with Gasteiger partial charge in [0.1, 0.15) is 12.7 Å². The first-order valence-corrected chi connectivity index (χ1v) is 7.21. The summed E-state index contributed by atoms with van der Waals surface area (Å²) in [6.07, 6.45) is 2.40. The molecule has 1 N–H and O–H groups in total. The Hall–Kier alpha value is -2.74. The fourth-order valence-corrected chi connectivity index (χ4v) is 2.53. The Balaban J connectivity index is 1.75. The first kappa shape index (κ1) is 15.2. The van der Waals surface area contributed by atoms with E-state index in [9.17, 15) is 9.59 Å². The summed E-state index contributed by atoms with van der Waals surface area (Å²) in [5, 5.41) is 12.9. The highest BCUT2D eigenvalue weighted by molar-refractivity contribution is 5.94. The van der Waals surface area contributed by atoms with Crippen LogP contribution in [-0.4, -0.2) is 62.4 Å². The fourth-order valence-electron chi connectivity index (χ4n) is 2.53. The summed E-state index contributed by atoms with van der Waals surface area (Å²) in [6, 6.07) is 7.07. The van der Waals surface area contributed by atoms with Crippen LogP contribution in [0.2, 0.25) is 0 Å². The van der Waals surface area contributed by atoms with Crippen molar-refractivity contribution in [3.63, 3.8) is 0 Å². The summed E-state index contributed by atoms with van der Waals surface area (Å²) in [5.41, 5.74) is 1.26. The maximum atomic E-state index is 12.6. The molecule has 0 saturated carbocycles. The Morgan fingerprint density at radius 3 is 3.00 bits per heavy atom. The van der Waals surface area contributed by atoms with Crippen molar-refractivity contribution in [3.8, 4) is 5.69 Å². The molecule has 23 heavy (non-hydrogen) atoms. The van der Waals surface area contributed by atoms with Gasteiger partial charge in [-0.1, -0.05) is 6.07 Å². The second-order valence-corrected chi connectivity index (χ2v) is 5.23. The zero-order valence-electron chi connectivity index (χ0n) is 12.3. The predicted molar refractivity (Wildman–Crippen MR) is 79.3 cm³/mol. The van der Waals surface area contributed by atoms with Crippen LogP contribution in [0.5, 0.6) is 0 Å². The number of hydrogen-bond acceptors (Lipinski definition) is 5. The standard InChI is InChI=1S/C15H16N4O4/c20-14(21)7-13-8-18(4-5-23-13)15(22)11-2-1-3-12(6-11)19-10-16-9-17-19/h1-3,6,9-10,13H,4-5,7-8H2,(H,20,21). The molecular formula is C15H16N4O4. The minimum Gasteiger partial charge on any atom is -0.481 e. The molecule has 1 fully saturated rings. The highest BCUT2D eigenvalue weighted by Gasteiger charge is 2.26. The molecule has 3 rings (SSSR count).